The molecule has 68 heavy (non-hydrogen) atoms. The van der Waals surface area contributed by atoms with Crippen molar-refractivity contribution in [2.45, 2.75) is 67.5 Å². The summed E-state index contributed by atoms with van der Waals surface area (Å²) in [5.74, 6) is -1.32. The van der Waals surface area contributed by atoms with Gasteiger partial charge in [-0.1, -0.05) is 29.5 Å². The Kier molecular flexibility index (Phi) is 17.6. The van der Waals surface area contributed by atoms with Crippen molar-refractivity contribution in [1.82, 2.24) is 25.6 Å². The Balaban J connectivity index is 0.968. The van der Waals surface area contributed by atoms with Crippen LogP contribution in [0.4, 0.5) is 22.7 Å². The first-order valence-electron chi connectivity index (χ1n) is 21.3. The van der Waals surface area contributed by atoms with Crippen LogP contribution in [0.15, 0.2) is 106 Å². The summed E-state index contributed by atoms with van der Waals surface area (Å²) in [5.41, 5.74) is 1.23. The van der Waals surface area contributed by atoms with Gasteiger partial charge < -0.3 is 65.3 Å². The molecular weight excluding hydrogens is 911 g/mol. The third-order valence-corrected chi connectivity index (χ3v) is 11.6. The fourth-order valence-corrected chi connectivity index (χ4v) is 7.55. The van der Waals surface area contributed by atoms with Crippen LogP contribution < -0.4 is 20.9 Å². The molecule has 23 nitrogen and oxygen atoms in total. The van der Waals surface area contributed by atoms with E-state index in [1.165, 1.54) is 22.9 Å². The fourth-order valence-electron chi connectivity index (χ4n) is 6.84. The van der Waals surface area contributed by atoms with Gasteiger partial charge in [0.25, 0.3) is 21.9 Å². The molecule has 366 valence electrons. The lowest BCUT2D eigenvalue weighted by Crippen LogP contribution is -2.62. The van der Waals surface area contributed by atoms with E-state index in [0.29, 0.717) is 33.7 Å². The number of hydrogen-bond acceptors (Lipinski definition) is 19. The Labute approximate surface area is 391 Å². The number of hydrogen-bond donors (Lipinski definition) is 9. The molecule has 7 atom stereocenters. The van der Waals surface area contributed by atoms with Gasteiger partial charge in [0.1, 0.15) is 35.0 Å². The molecule has 1 aliphatic rings. The Morgan fingerprint density at radius 1 is 0.882 bits per heavy atom. The molecule has 24 heteroatoms. The lowest BCUT2D eigenvalue weighted by Gasteiger charge is -2.42. The summed E-state index contributed by atoms with van der Waals surface area (Å²) in [6, 6.07) is 23.4. The number of fused-ring (bicyclic) bond motifs is 1. The van der Waals surface area contributed by atoms with Crippen LogP contribution in [-0.4, -0.2) is 162 Å². The van der Waals surface area contributed by atoms with E-state index >= 15 is 0 Å². The van der Waals surface area contributed by atoms with Gasteiger partial charge in [0.05, 0.1) is 57.1 Å². The summed E-state index contributed by atoms with van der Waals surface area (Å²) in [6.07, 6.45) is -8.78. The zero-order valence-corrected chi connectivity index (χ0v) is 38.1. The Morgan fingerprint density at radius 3 is 2.24 bits per heavy atom. The highest BCUT2D eigenvalue weighted by Crippen LogP contribution is 2.30. The molecule has 1 aliphatic heterocycles. The first kappa shape index (κ1) is 51.4. The van der Waals surface area contributed by atoms with Gasteiger partial charge >= 0.3 is 0 Å². The molecule has 1 saturated heterocycles. The van der Waals surface area contributed by atoms with Gasteiger partial charge in [0.15, 0.2) is 18.2 Å². The zero-order valence-electron chi connectivity index (χ0n) is 37.3. The van der Waals surface area contributed by atoms with Gasteiger partial charge in [0.2, 0.25) is 0 Å². The highest BCUT2D eigenvalue weighted by molar-refractivity contribution is 7.86. The number of azo groups is 1. The number of amides is 2. The SMILES string of the molecule is CN(C)c1ccc(/N=N/c2ccc(C(=O)NCc3cn(CCOCCOC(O[C@@H]4O[C@H](CO)[C@H](O)[C@H](O)[C@H]4O)C(C)(O)C(=O)NCCNc4cccc5c(S(=O)(=O)O)cccc45)nn3)cc2)cc1. The number of ether oxygens (including phenoxy) is 4. The molecule has 9 N–H and O–H groups in total. The molecule has 2 amide bonds. The minimum atomic E-state index is -4.50. The average Bonchev–Trinajstić information content (AvgIpc) is 3.79. The molecule has 1 fully saturated rings. The number of aromatic nitrogens is 3. The number of nitrogens with one attached hydrogen (secondary N) is 3. The van der Waals surface area contributed by atoms with E-state index < -0.39 is 65.2 Å². The van der Waals surface area contributed by atoms with Gasteiger partial charge in [-0.25, -0.2) is 4.68 Å². The second kappa shape index (κ2) is 23.3. The van der Waals surface area contributed by atoms with Crippen molar-refractivity contribution in [3.8, 4) is 0 Å². The number of aliphatic hydroxyl groups is 5. The quantitative estimate of drug-likeness (QED) is 0.0192. The summed E-state index contributed by atoms with van der Waals surface area (Å²) in [7, 11) is -0.598. The number of carbonyl (C=O) groups excluding carboxylic acids is 2. The number of carbonyl (C=O) groups is 2. The number of rotatable bonds is 23. The summed E-state index contributed by atoms with van der Waals surface area (Å²) in [5, 5.41) is 78.2. The molecule has 0 bridgehead atoms. The van der Waals surface area contributed by atoms with E-state index in [2.05, 4.69) is 36.5 Å². The van der Waals surface area contributed by atoms with Gasteiger partial charge in [-0.2, -0.15) is 18.6 Å². The van der Waals surface area contributed by atoms with Crippen molar-refractivity contribution >= 4 is 55.5 Å². The predicted molar refractivity (Wildman–Crippen MR) is 244 cm³/mol. The van der Waals surface area contributed by atoms with Crippen LogP contribution in [0.1, 0.15) is 23.0 Å². The molecule has 4 aromatic carbocycles. The Hall–Kier alpha value is -6.03. The van der Waals surface area contributed by atoms with Crippen LogP contribution in [0.5, 0.6) is 0 Å². The van der Waals surface area contributed by atoms with E-state index in [1.54, 1.807) is 48.7 Å². The van der Waals surface area contributed by atoms with E-state index in [9.17, 15) is 48.1 Å². The topological polar surface area (TPSA) is 321 Å². The minimum absolute atomic E-state index is 0.0774. The molecule has 0 aliphatic carbocycles. The summed E-state index contributed by atoms with van der Waals surface area (Å²) in [4.78, 5) is 28.0. The van der Waals surface area contributed by atoms with E-state index in [0.717, 1.165) is 12.6 Å². The van der Waals surface area contributed by atoms with Crippen LogP contribution in [0.25, 0.3) is 10.8 Å². The molecule has 0 radical (unpaired) electrons. The van der Waals surface area contributed by atoms with Crippen LogP contribution >= 0.6 is 0 Å². The maximum absolute atomic E-state index is 13.4. The standard InChI is InChI=1S/C44H55N9O14S/c1-44(60,42(59)46-19-18-45-34-8-4-7-33-32(34)6-5-9-36(33)68(61,62)63)43(67-41-39(57)38(56)37(55)35(26-54)66-41)65-23-22-64-21-20-53-25-30(50-51-53)24-47-40(58)27-10-12-28(13-11-27)48-49-29-14-16-31(17-15-29)52(2)3/h4-17,25,35,37-39,41,43,45,54-57,60H,18-24,26H2,1-3H3,(H,46,59)(H,47,58)(H,61,62,63)/b49-48+/t35-,37+,38+,39-,41+,43?,44?/m1/s1. The van der Waals surface area contributed by atoms with Crippen LogP contribution in [-0.2, 0) is 46.9 Å². The molecular formula is C44H55N9O14S. The Bertz CT molecular complexity index is 2600. The lowest BCUT2D eigenvalue weighted by molar-refractivity contribution is -0.355. The number of benzene rings is 4. The van der Waals surface area contributed by atoms with Crippen LogP contribution in [0, 0.1) is 0 Å². The molecule has 0 spiro atoms. The highest BCUT2D eigenvalue weighted by atomic mass is 32.2. The van der Waals surface area contributed by atoms with Crippen molar-refractivity contribution in [3.05, 3.63) is 102 Å². The van der Waals surface area contributed by atoms with Gasteiger partial charge in [0, 0.05) is 54.9 Å². The van der Waals surface area contributed by atoms with Crippen molar-refractivity contribution in [2.75, 3.05) is 63.8 Å². The first-order valence-corrected chi connectivity index (χ1v) is 22.8. The van der Waals surface area contributed by atoms with Gasteiger partial charge in [-0.3, -0.25) is 14.1 Å². The number of aliphatic hydroxyl groups excluding tert-OH is 4. The van der Waals surface area contributed by atoms with Crippen LogP contribution in [0.2, 0.25) is 0 Å². The van der Waals surface area contributed by atoms with Crippen molar-refractivity contribution in [3.63, 3.8) is 0 Å². The predicted octanol–water partition coefficient (Wildman–Crippen LogP) is 1.24. The highest BCUT2D eigenvalue weighted by Gasteiger charge is 2.49. The normalized spacial score (nSPS) is 19.9. The molecule has 6 rings (SSSR count). The lowest BCUT2D eigenvalue weighted by atomic mass is 9.99. The van der Waals surface area contributed by atoms with Crippen molar-refractivity contribution < 1.29 is 67.0 Å². The minimum Gasteiger partial charge on any atom is -0.394 e. The monoisotopic (exact) mass is 965 g/mol. The second-order valence-electron chi connectivity index (χ2n) is 15.9. The van der Waals surface area contributed by atoms with Crippen LogP contribution in [0.3, 0.4) is 0 Å². The molecule has 2 heterocycles. The zero-order chi connectivity index (χ0) is 49.0. The smallest absolute Gasteiger partial charge is 0.295 e. The third-order valence-electron chi connectivity index (χ3n) is 10.7. The molecule has 2 unspecified atom stereocenters. The van der Waals surface area contributed by atoms with Crippen molar-refractivity contribution in [2.24, 2.45) is 10.2 Å². The van der Waals surface area contributed by atoms with E-state index in [4.69, 9.17) is 18.9 Å². The molecule has 5 aromatic rings. The van der Waals surface area contributed by atoms with E-state index in [-0.39, 0.29) is 62.2 Å². The number of anilines is 2. The fraction of sp³-hybridized carbons (Fsp3) is 0.409. The second-order valence-corrected chi connectivity index (χ2v) is 17.3. The van der Waals surface area contributed by atoms with Gasteiger partial charge in [-0.15, -0.1) is 5.10 Å². The molecule has 1 aromatic heterocycles. The summed E-state index contributed by atoms with van der Waals surface area (Å²) in [6.45, 7) is 0.412. The molecule has 0 saturated carbocycles. The largest absolute Gasteiger partial charge is 0.394 e. The third kappa shape index (κ3) is 13.4. The summed E-state index contributed by atoms with van der Waals surface area (Å²) >= 11 is 0. The number of nitrogens with zero attached hydrogens (tertiary/aromatic N) is 6. The summed E-state index contributed by atoms with van der Waals surface area (Å²) < 4.78 is 57.5. The average molecular weight is 966 g/mol. The first-order chi connectivity index (χ1) is 32.5. The maximum Gasteiger partial charge on any atom is 0.295 e. The van der Waals surface area contributed by atoms with Crippen molar-refractivity contribution in [1.29, 1.82) is 0 Å². The Morgan fingerprint density at radius 2 is 1.56 bits per heavy atom. The maximum atomic E-state index is 13.4. The van der Waals surface area contributed by atoms with E-state index in [1.807, 2.05) is 43.3 Å². The van der Waals surface area contributed by atoms with Gasteiger partial charge in [-0.05, 0) is 67.6 Å².